The topological polar surface area (TPSA) is 49.4 Å². The summed E-state index contributed by atoms with van der Waals surface area (Å²) in [5.41, 5.74) is 0. The van der Waals surface area contributed by atoms with Crippen molar-refractivity contribution in [3.63, 3.8) is 0 Å². The Morgan fingerprint density at radius 1 is 1.12 bits per heavy atom. The Bertz CT molecular complexity index is 259. The highest BCUT2D eigenvalue weighted by atomic mass is 32.2. The zero-order chi connectivity index (χ0) is 12.6. The van der Waals surface area contributed by atoms with Gasteiger partial charge in [-0.3, -0.25) is 0 Å². The second-order valence-corrected chi connectivity index (χ2v) is 6.30. The molecule has 0 unspecified atom stereocenters. The van der Waals surface area contributed by atoms with E-state index in [4.69, 9.17) is 0 Å². The van der Waals surface area contributed by atoms with Gasteiger partial charge in [0, 0.05) is 19.1 Å². The first-order valence-corrected chi connectivity index (χ1v) is 7.76. The van der Waals surface area contributed by atoms with Gasteiger partial charge in [-0.15, -0.1) is 0 Å². The third-order valence-electron chi connectivity index (χ3n) is 2.48. The summed E-state index contributed by atoms with van der Waals surface area (Å²) in [7, 11) is -3.02. The van der Waals surface area contributed by atoms with Gasteiger partial charge in [0.15, 0.2) is 0 Å². The van der Waals surface area contributed by atoms with E-state index in [9.17, 15) is 8.42 Å². The van der Waals surface area contributed by atoms with Gasteiger partial charge in [0.1, 0.15) is 0 Å². The molecule has 0 heterocycles. The minimum Gasteiger partial charge on any atom is -0.315 e. The quantitative estimate of drug-likeness (QED) is 0.630. The summed E-state index contributed by atoms with van der Waals surface area (Å²) in [6.45, 7) is 9.97. The Morgan fingerprint density at radius 2 is 1.69 bits per heavy atom. The average molecular weight is 250 g/mol. The van der Waals surface area contributed by atoms with Gasteiger partial charge in [-0.25, -0.2) is 12.7 Å². The Labute approximate surface area is 100 Å². The Kier molecular flexibility index (Phi) is 7.97. The molecule has 0 saturated heterocycles. The number of unbranched alkanes of at least 4 members (excludes halogenated alkanes) is 1. The highest BCUT2D eigenvalue weighted by molar-refractivity contribution is 7.89. The lowest BCUT2D eigenvalue weighted by molar-refractivity contribution is 0.443. The molecule has 0 aliphatic carbocycles. The van der Waals surface area contributed by atoms with Crippen molar-refractivity contribution in [1.82, 2.24) is 9.62 Å². The van der Waals surface area contributed by atoms with Crippen molar-refractivity contribution in [1.29, 1.82) is 0 Å². The van der Waals surface area contributed by atoms with Crippen LogP contribution < -0.4 is 5.32 Å². The van der Waals surface area contributed by atoms with E-state index >= 15 is 0 Å². The first kappa shape index (κ1) is 15.9. The molecule has 0 aromatic rings. The molecule has 0 rings (SSSR count). The van der Waals surface area contributed by atoms with Crippen LogP contribution in [0.2, 0.25) is 0 Å². The maximum absolute atomic E-state index is 11.8. The Morgan fingerprint density at radius 3 is 2.12 bits per heavy atom. The van der Waals surface area contributed by atoms with E-state index in [0.717, 1.165) is 19.4 Å². The molecule has 0 aliphatic rings. The fourth-order valence-corrected chi connectivity index (χ4v) is 3.16. The number of sulfonamides is 1. The maximum atomic E-state index is 11.8. The Hall–Kier alpha value is -0.130. The van der Waals surface area contributed by atoms with Gasteiger partial charge >= 0.3 is 0 Å². The summed E-state index contributed by atoms with van der Waals surface area (Å²) in [5, 5.41) is 3.28. The van der Waals surface area contributed by atoms with Gasteiger partial charge in [0.2, 0.25) is 10.0 Å². The summed E-state index contributed by atoms with van der Waals surface area (Å²) in [6, 6.07) is 0.472. The van der Waals surface area contributed by atoms with Crippen molar-refractivity contribution >= 4 is 10.0 Å². The van der Waals surface area contributed by atoms with Gasteiger partial charge in [0.05, 0.1) is 5.75 Å². The highest BCUT2D eigenvalue weighted by Crippen LogP contribution is 2.04. The van der Waals surface area contributed by atoms with Gasteiger partial charge in [-0.1, -0.05) is 27.7 Å². The maximum Gasteiger partial charge on any atom is 0.214 e. The van der Waals surface area contributed by atoms with E-state index in [1.165, 1.54) is 4.31 Å². The van der Waals surface area contributed by atoms with E-state index in [-0.39, 0.29) is 5.75 Å². The number of nitrogens with one attached hydrogen (secondary N) is 1. The lowest BCUT2D eigenvalue weighted by Crippen LogP contribution is -2.33. The summed E-state index contributed by atoms with van der Waals surface area (Å²) in [4.78, 5) is 0. The van der Waals surface area contributed by atoms with Crippen LogP contribution in [0.3, 0.4) is 0 Å². The molecule has 5 heteroatoms. The standard InChI is InChI=1S/C11H26N2O2S/c1-5-13(6-2)16(14,15)10-8-7-9-12-11(3)4/h11-12H,5-10H2,1-4H3. The van der Waals surface area contributed by atoms with Crippen molar-refractivity contribution in [2.75, 3.05) is 25.4 Å². The summed E-state index contributed by atoms with van der Waals surface area (Å²) < 4.78 is 25.1. The fraction of sp³-hybridized carbons (Fsp3) is 1.00. The molecule has 4 nitrogen and oxygen atoms in total. The van der Waals surface area contributed by atoms with Gasteiger partial charge < -0.3 is 5.32 Å². The predicted octanol–water partition coefficient (Wildman–Crippen LogP) is 1.44. The van der Waals surface area contributed by atoms with Crippen molar-refractivity contribution in [2.45, 2.75) is 46.6 Å². The van der Waals surface area contributed by atoms with Gasteiger partial charge in [-0.05, 0) is 19.4 Å². The van der Waals surface area contributed by atoms with Crippen LogP contribution in [-0.4, -0.2) is 44.2 Å². The SMILES string of the molecule is CCN(CC)S(=O)(=O)CCCCNC(C)C. The molecule has 16 heavy (non-hydrogen) atoms. The van der Waals surface area contributed by atoms with Crippen LogP contribution in [-0.2, 0) is 10.0 Å². The minimum absolute atomic E-state index is 0.272. The molecule has 0 saturated carbocycles. The van der Waals surface area contributed by atoms with Crippen molar-refractivity contribution in [2.24, 2.45) is 0 Å². The van der Waals surface area contributed by atoms with Crippen LogP contribution in [0, 0.1) is 0 Å². The molecule has 0 amide bonds. The fourth-order valence-electron chi connectivity index (χ4n) is 1.55. The molecule has 0 bridgehead atoms. The van der Waals surface area contributed by atoms with Crippen molar-refractivity contribution in [3.05, 3.63) is 0 Å². The van der Waals surface area contributed by atoms with Crippen LogP contribution >= 0.6 is 0 Å². The molecule has 0 aromatic heterocycles. The lowest BCUT2D eigenvalue weighted by Gasteiger charge is -2.18. The minimum atomic E-state index is -3.02. The van der Waals surface area contributed by atoms with E-state index in [2.05, 4.69) is 19.2 Å². The lowest BCUT2D eigenvalue weighted by atomic mass is 10.3. The summed E-state index contributed by atoms with van der Waals surface area (Å²) in [5.74, 6) is 0.272. The predicted molar refractivity (Wildman–Crippen MR) is 69.1 cm³/mol. The molecule has 0 fully saturated rings. The van der Waals surface area contributed by atoms with Crippen LogP contribution in [0.5, 0.6) is 0 Å². The molecule has 0 aromatic carbocycles. The largest absolute Gasteiger partial charge is 0.315 e. The third kappa shape index (κ3) is 6.45. The van der Waals surface area contributed by atoms with E-state index in [0.29, 0.717) is 19.1 Å². The van der Waals surface area contributed by atoms with E-state index < -0.39 is 10.0 Å². The number of hydrogen-bond acceptors (Lipinski definition) is 3. The van der Waals surface area contributed by atoms with Crippen LogP contribution in [0.25, 0.3) is 0 Å². The second-order valence-electron chi connectivity index (χ2n) is 4.22. The van der Waals surface area contributed by atoms with Gasteiger partial charge in [-0.2, -0.15) is 0 Å². The molecule has 1 N–H and O–H groups in total. The van der Waals surface area contributed by atoms with Crippen molar-refractivity contribution in [3.8, 4) is 0 Å². The summed E-state index contributed by atoms with van der Waals surface area (Å²) >= 11 is 0. The first-order chi connectivity index (χ1) is 7.44. The van der Waals surface area contributed by atoms with Crippen LogP contribution in [0.15, 0.2) is 0 Å². The smallest absolute Gasteiger partial charge is 0.214 e. The van der Waals surface area contributed by atoms with Crippen LogP contribution in [0.4, 0.5) is 0 Å². The zero-order valence-electron chi connectivity index (χ0n) is 11.0. The van der Waals surface area contributed by atoms with Gasteiger partial charge in [0.25, 0.3) is 0 Å². The van der Waals surface area contributed by atoms with E-state index in [1.54, 1.807) is 0 Å². The molecule has 0 atom stereocenters. The first-order valence-electron chi connectivity index (χ1n) is 6.15. The molecule has 0 spiro atoms. The van der Waals surface area contributed by atoms with E-state index in [1.807, 2.05) is 13.8 Å². The zero-order valence-corrected chi connectivity index (χ0v) is 11.8. The number of hydrogen-bond donors (Lipinski definition) is 1. The number of nitrogens with zero attached hydrogens (tertiary/aromatic N) is 1. The second kappa shape index (κ2) is 8.03. The Balaban J connectivity index is 3.83. The molecule has 0 radical (unpaired) electrons. The highest BCUT2D eigenvalue weighted by Gasteiger charge is 2.17. The molecular formula is C11H26N2O2S. The normalized spacial score (nSPS) is 12.6. The molecule has 98 valence electrons. The number of rotatable bonds is 9. The van der Waals surface area contributed by atoms with Crippen molar-refractivity contribution < 1.29 is 8.42 Å². The average Bonchev–Trinajstić information content (AvgIpc) is 2.17. The van der Waals surface area contributed by atoms with Crippen LogP contribution in [0.1, 0.15) is 40.5 Å². The molecular weight excluding hydrogens is 224 g/mol. The third-order valence-corrected chi connectivity index (χ3v) is 4.59. The summed E-state index contributed by atoms with van der Waals surface area (Å²) in [6.07, 6.45) is 1.65. The monoisotopic (exact) mass is 250 g/mol. The molecule has 0 aliphatic heterocycles.